The number of nitrogens with one attached hydrogen (secondary N) is 1. The predicted molar refractivity (Wildman–Crippen MR) is 96.5 cm³/mol. The molecule has 0 aliphatic carbocycles. The van der Waals surface area contributed by atoms with E-state index in [1.807, 2.05) is 0 Å². The largest absolute Gasteiger partial charge is 0.451 e. The van der Waals surface area contributed by atoms with Crippen LogP contribution < -0.4 is 10.1 Å². The van der Waals surface area contributed by atoms with E-state index in [1.165, 1.54) is 30.3 Å². The second kappa shape index (κ2) is 7.52. The Labute approximate surface area is 156 Å². The molecule has 1 aliphatic rings. The summed E-state index contributed by atoms with van der Waals surface area (Å²) in [6.45, 7) is 4.19. The molecule has 2 aromatic carbocycles. The van der Waals surface area contributed by atoms with E-state index in [9.17, 15) is 18.7 Å². The molecule has 3 rings (SSSR count). The van der Waals surface area contributed by atoms with Gasteiger partial charge in [0.15, 0.2) is 23.1 Å². The summed E-state index contributed by atoms with van der Waals surface area (Å²) in [6, 6.07) is 9.67. The number of ether oxygens (including phenoxy) is 1. The van der Waals surface area contributed by atoms with Gasteiger partial charge in [0.25, 0.3) is 0 Å². The quantitative estimate of drug-likeness (QED) is 0.853. The van der Waals surface area contributed by atoms with Gasteiger partial charge in [0.05, 0.1) is 11.6 Å². The Hall–Kier alpha value is -2.67. The number of benzene rings is 2. The van der Waals surface area contributed by atoms with E-state index < -0.39 is 23.3 Å². The van der Waals surface area contributed by atoms with Crippen LogP contribution in [0.5, 0.6) is 11.5 Å². The fourth-order valence-corrected chi connectivity index (χ4v) is 3.09. The molecule has 5 nitrogen and oxygen atoms in total. The molecule has 0 radical (unpaired) electrons. The number of carbonyl (C=O) groups excluding carboxylic acids is 1. The monoisotopic (exact) mass is 376 g/mol. The molecule has 27 heavy (non-hydrogen) atoms. The fraction of sp³-hybridized carbons (Fsp3) is 0.350. The summed E-state index contributed by atoms with van der Waals surface area (Å²) in [6.07, 6.45) is -0.0487. The first-order valence-corrected chi connectivity index (χ1v) is 8.73. The highest BCUT2D eigenvalue weighted by Gasteiger charge is 2.42. The average molecular weight is 376 g/mol. The van der Waals surface area contributed by atoms with Gasteiger partial charge in [0, 0.05) is 13.1 Å². The van der Waals surface area contributed by atoms with E-state index in [0.717, 1.165) is 0 Å². The Morgan fingerprint density at radius 3 is 2.56 bits per heavy atom. The Morgan fingerprint density at radius 2 is 1.93 bits per heavy atom. The molecule has 1 aliphatic heterocycles. The number of likely N-dealkylation sites (tertiary alicyclic amines) is 1. The van der Waals surface area contributed by atoms with Crippen LogP contribution in [0.15, 0.2) is 42.5 Å². The number of rotatable bonds is 4. The molecule has 1 unspecified atom stereocenters. The lowest BCUT2D eigenvalue weighted by Gasteiger charge is -2.33. The summed E-state index contributed by atoms with van der Waals surface area (Å²) in [5.74, 6) is -1.39. The molecule has 0 saturated carbocycles. The summed E-state index contributed by atoms with van der Waals surface area (Å²) in [7, 11) is 0. The first kappa shape index (κ1) is 19.1. The van der Waals surface area contributed by atoms with Crippen LogP contribution in [0.4, 0.5) is 13.6 Å². The van der Waals surface area contributed by atoms with Crippen molar-refractivity contribution >= 4 is 6.03 Å². The maximum Gasteiger partial charge on any atom is 0.318 e. The molecule has 0 spiro atoms. The van der Waals surface area contributed by atoms with Crippen LogP contribution in [0.3, 0.4) is 0 Å². The molecule has 1 heterocycles. The van der Waals surface area contributed by atoms with Crippen LogP contribution in [-0.2, 0) is 6.54 Å². The topological polar surface area (TPSA) is 61.8 Å². The summed E-state index contributed by atoms with van der Waals surface area (Å²) in [5, 5.41) is 12.7. The maximum absolute atomic E-state index is 14.3. The smallest absolute Gasteiger partial charge is 0.318 e. The second-order valence-electron chi connectivity index (χ2n) is 7.07. The van der Waals surface area contributed by atoms with Crippen molar-refractivity contribution in [3.63, 3.8) is 0 Å². The van der Waals surface area contributed by atoms with Gasteiger partial charge >= 0.3 is 6.03 Å². The Morgan fingerprint density at radius 1 is 1.22 bits per heavy atom. The number of amides is 2. The van der Waals surface area contributed by atoms with Crippen LogP contribution in [0, 0.1) is 11.6 Å². The SMILES string of the molecule is CC1(C)C(O)CCN1C(=O)NCc1ccc(Oc2ccccc2F)c(F)c1. The Kier molecular flexibility index (Phi) is 5.32. The lowest BCUT2D eigenvalue weighted by atomic mass is 9.99. The molecule has 1 atom stereocenters. The zero-order valence-corrected chi connectivity index (χ0v) is 15.2. The number of urea groups is 1. The summed E-state index contributed by atoms with van der Waals surface area (Å²) < 4.78 is 33.1. The van der Waals surface area contributed by atoms with E-state index in [4.69, 9.17) is 4.74 Å². The highest BCUT2D eigenvalue weighted by Crippen LogP contribution is 2.29. The second-order valence-corrected chi connectivity index (χ2v) is 7.07. The number of halogens is 2. The fourth-order valence-electron chi connectivity index (χ4n) is 3.09. The maximum atomic E-state index is 14.3. The molecule has 0 bridgehead atoms. The molecule has 1 fully saturated rings. The van der Waals surface area contributed by atoms with Crippen LogP contribution >= 0.6 is 0 Å². The van der Waals surface area contributed by atoms with Crippen LogP contribution in [-0.4, -0.2) is 34.2 Å². The van der Waals surface area contributed by atoms with Crippen molar-refractivity contribution in [1.29, 1.82) is 0 Å². The lowest BCUT2D eigenvalue weighted by molar-refractivity contribution is 0.0696. The third-order valence-electron chi connectivity index (χ3n) is 4.88. The molecule has 144 valence electrons. The van der Waals surface area contributed by atoms with Crippen molar-refractivity contribution in [2.75, 3.05) is 6.54 Å². The highest BCUT2D eigenvalue weighted by molar-refractivity contribution is 5.75. The third kappa shape index (κ3) is 4.03. The van der Waals surface area contributed by atoms with Gasteiger partial charge in [-0.15, -0.1) is 0 Å². The summed E-state index contributed by atoms with van der Waals surface area (Å²) in [5.41, 5.74) is -0.105. The van der Waals surface area contributed by atoms with E-state index in [2.05, 4.69) is 5.32 Å². The van der Waals surface area contributed by atoms with Crippen molar-refractivity contribution in [2.45, 2.75) is 38.5 Å². The third-order valence-corrected chi connectivity index (χ3v) is 4.88. The van der Waals surface area contributed by atoms with Crippen molar-refractivity contribution in [3.05, 3.63) is 59.7 Å². The molecule has 0 aromatic heterocycles. The summed E-state index contributed by atoms with van der Waals surface area (Å²) in [4.78, 5) is 13.9. The molecule has 2 amide bonds. The van der Waals surface area contributed by atoms with Crippen molar-refractivity contribution < 1.29 is 23.4 Å². The molecule has 1 saturated heterocycles. The standard InChI is InChI=1S/C20H22F2N2O3/c1-20(2)18(25)9-10-24(20)19(26)23-12-13-7-8-17(15(22)11-13)27-16-6-4-3-5-14(16)21/h3-8,11,18,25H,9-10,12H2,1-2H3,(H,23,26). The number of hydrogen-bond acceptors (Lipinski definition) is 3. The highest BCUT2D eigenvalue weighted by atomic mass is 19.1. The predicted octanol–water partition coefficient (Wildman–Crippen LogP) is 3.81. The lowest BCUT2D eigenvalue weighted by Crippen LogP contribution is -2.51. The van der Waals surface area contributed by atoms with Gasteiger partial charge in [-0.3, -0.25) is 0 Å². The van der Waals surface area contributed by atoms with Crippen molar-refractivity contribution in [3.8, 4) is 11.5 Å². The molecular formula is C20H22F2N2O3. The van der Waals surface area contributed by atoms with Gasteiger partial charge in [0.2, 0.25) is 0 Å². The minimum absolute atomic E-state index is 0.0627. The molecular weight excluding hydrogens is 354 g/mol. The number of hydrogen-bond donors (Lipinski definition) is 2. The van der Waals surface area contributed by atoms with E-state index in [-0.39, 0.29) is 24.1 Å². The van der Waals surface area contributed by atoms with Gasteiger partial charge in [0.1, 0.15) is 0 Å². The normalized spacial score (nSPS) is 18.4. The van der Waals surface area contributed by atoms with Gasteiger partial charge in [-0.25, -0.2) is 13.6 Å². The van der Waals surface area contributed by atoms with E-state index >= 15 is 0 Å². The molecule has 2 aromatic rings. The molecule has 7 heteroatoms. The molecule has 2 N–H and O–H groups in total. The first-order valence-electron chi connectivity index (χ1n) is 8.73. The van der Waals surface area contributed by atoms with E-state index in [0.29, 0.717) is 18.5 Å². The van der Waals surface area contributed by atoms with E-state index in [1.54, 1.807) is 30.9 Å². The van der Waals surface area contributed by atoms with Crippen molar-refractivity contribution in [1.82, 2.24) is 10.2 Å². The minimum Gasteiger partial charge on any atom is -0.451 e. The first-order chi connectivity index (χ1) is 12.8. The van der Waals surface area contributed by atoms with Crippen molar-refractivity contribution in [2.24, 2.45) is 0 Å². The Bertz CT molecular complexity index is 842. The minimum atomic E-state index is -0.651. The number of carbonyl (C=O) groups is 1. The van der Waals surface area contributed by atoms with Crippen LogP contribution in [0.1, 0.15) is 25.8 Å². The van der Waals surface area contributed by atoms with Gasteiger partial charge < -0.3 is 20.1 Å². The number of aliphatic hydroxyl groups is 1. The van der Waals surface area contributed by atoms with Crippen LogP contribution in [0.25, 0.3) is 0 Å². The zero-order valence-electron chi connectivity index (χ0n) is 15.2. The Balaban J connectivity index is 1.63. The van der Waals surface area contributed by atoms with Gasteiger partial charge in [-0.2, -0.15) is 0 Å². The number of nitrogens with zero attached hydrogens (tertiary/aromatic N) is 1. The average Bonchev–Trinajstić information content (AvgIpc) is 2.90. The van der Waals surface area contributed by atoms with Gasteiger partial charge in [-0.1, -0.05) is 18.2 Å². The zero-order chi connectivity index (χ0) is 19.6. The van der Waals surface area contributed by atoms with Crippen LogP contribution in [0.2, 0.25) is 0 Å². The number of aliphatic hydroxyl groups excluding tert-OH is 1. The number of para-hydroxylation sites is 1. The van der Waals surface area contributed by atoms with Gasteiger partial charge in [-0.05, 0) is 50.1 Å². The summed E-state index contributed by atoms with van der Waals surface area (Å²) >= 11 is 0.